The molecule has 0 saturated carbocycles. The molecule has 1 saturated heterocycles. The van der Waals surface area contributed by atoms with Crippen molar-refractivity contribution in [2.24, 2.45) is 4.99 Å². The van der Waals surface area contributed by atoms with Crippen molar-refractivity contribution in [2.75, 3.05) is 34.2 Å². The van der Waals surface area contributed by atoms with Crippen LogP contribution < -0.4 is 10.6 Å². The molecule has 1 heterocycles. The van der Waals surface area contributed by atoms with Gasteiger partial charge in [-0.1, -0.05) is 54.6 Å². The Balaban J connectivity index is 1.45. The maximum Gasteiger partial charge on any atom is 0.191 e. The van der Waals surface area contributed by atoms with Crippen molar-refractivity contribution in [2.45, 2.75) is 38.5 Å². The van der Waals surface area contributed by atoms with E-state index in [-0.39, 0.29) is 0 Å². The van der Waals surface area contributed by atoms with Gasteiger partial charge in [0.15, 0.2) is 5.96 Å². The van der Waals surface area contributed by atoms with E-state index in [1.807, 2.05) is 7.05 Å². The first-order valence-corrected chi connectivity index (χ1v) is 10.6. The Hall–Kier alpha value is -2.37. The lowest BCUT2D eigenvalue weighted by atomic mass is 10.0. The highest BCUT2D eigenvalue weighted by molar-refractivity contribution is 5.80. The van der Waals surface area contributed by atoms with E-state index in [0.29, 0.717) is 6.04 Å². The molecular weight excluding hydrogens is 358 g/mol. The van der Waals surface area contributed by atoms with Crippen LogP contribution in [0.5, 0.6) is 0 Å². The average Bonchev–Trinajstić information content (AvgIpc) is 2.73. The predicted molar refractivity (Wildman–Crippen MR) is 122 cm³/mol. The van der Waals surface area contributed by atoms with Gasteiger partial charge in [-0.05, 0) is 43.6 Å². The van der Waals surface area contributed by atoms with E-state index in [0.717, 1.165) is 51.5 Å². The van der Waals surface area contributed by atoms with Crippen molar-refractivity contribution in [3.8, 4) is 0 Å². The Morgan fingerprint density at radius 3 is 2.31 bits per heavy atom. The van der Waals surface area contributed by atoms with Crippen molar-refractivity contribution >= 4 is 5.96 Å². The number of aliphatic imine (C=N–C) groups is 1. The number of benzene rings is 2. The summed E-state index contributed by atoms with van der Waals surface area (Å²) >= 11 is 0. The van der Waals surface area contributed by atoms with Crippen LogP contribution in [-0.2, 0) is 19.6 Å². The standard InChI is InChI=1S/C24H35N5/c1-25-24(26-17-21-11-7-8-12-22(21)19-28(2)3)27-23-13-15-29(16-14-23)18-20-9-5-4-6-10-20/h4-12,23H,13-19H2,1-3H3,(H2,25,26,27). The van der Waals surface area contributed by atoms with Crippen LogP contribution in [0.3, 0.4) is 0 Å². The fraction of sp³-hybridized carbons (Fsp3) is 0.458. The number of nitrogens with zero attached hydrogens (tertiary/aromatic N) is 3. The molecule has 2 aromatic rings. The van der Waals surface area contributed by atoms with Crippen molar-refractivity contribution in [3.05, 3.63) is 71.3 Å². The summed E-state index contributed by atoms with van der Waals surface area (Å²) in [6, 6.07) is 19.8. The molecule has 0 amide bonds. The Bertz CT molecular complexity index is 764. The first-order chi connectivity index (χ1) is 14.1. The van der Waals surface area contributed by atoms with Gasteiger partial charge >= 0.3 is 0 Å². The molecule has 0 radical (unpaired) electrons. The highest BCUT2D eigenvalue weighted by Gasteiger charge is 2.20. The lowest BCUT2D eigenvalue weighted by molar-refractivity contribution is 0.198. The van der Waals surface area contributed by atoms with Crippen LogP contribution in [0.4, 0.5) is 0 Å². The quantitative estimate of drug-likeness (QED) is 0.560. The second-order valence-corrected chi connectivity index (χ2v) is 8.11. The minimum atomic E-state index is 0.477. The number of hydrogen-bond donors (Lipinski definition) is 2. The van der Waals surface area contributed by atoms with Crippen molar-refractivity contribution in [1.82, 2.24) is 20.4 Å². The van der Waals surface area contributed by atoms with Gasteiger partial charge in [-0.3, -0.25) is 9.89 Å². The molecule has 5 heteroatoms. The topological polar surface area (TPSA) is 42.9 Å². The number of piperidine rings is 1. The third-order valence-corrected chi connectivity index (χ3v) is 5.45. The van der Waals surface area contributed by atoms with Crippen molar-refractivity contribution in [1.29, 1.82) is 0 Å². The summed E-state index contributed by atoms with van der Waals surface area (Å²) in [5.74, 6) is 0.895. The molecule has 2 N–H and O–H groups in total. The average molecular weight is 394 g/mol. The summed E-state index contributed by atoms with van der Waals surface area (Å²) in [6.07, 6.45) is 2.29. The third-order valence-electron chi connectivity index (χ3n) is 5.45. The molecule has 29 heavy (non-hydrogen) atoms. The van der Waals surface area contributed by atoms with Gasteiger partial charge in [-0.25, -0.2) is 0 Å². The second kappa shape index (κ2) is 11.0. The molecule has 0 atom stereocenters. The molecule has 1 fully saturated rings. The Labute approximate surface area is 175 Å². The lowest BCUT2D eigenvalue weighted by Crippen LogP contribution is -2.48. The van der Waals surface area contributed by atoms with Crippen LogP contribution in [0.1, 0.15) is 29.5 Å². The van der Waals surface area contributed by atoms with Gasteiger partial charge in [0.1, 0.15) is 0 Å². The predicted octanol–water partition coefficient (Wildman–Crippen LogP) is 3.08. The van der Waals surface area contributed by atoms with Crippen LogP contribution in [0.15, 0.2) is 59.6 Å². The number of likely N-dealkylation sites (tertiary alicyclic amines) is 1. The molecule has 2 aromatic carbocycles. The van der Waals surface area contributed by atoms with E-state index in [2.05, 4.69) is 94.1 Å². The summed E-state index contributed by atoms with van der Waals surface area (Å²) in [5, 5.41) is 7.13. The van der Waals surface area contributed by atoms with Crippen molar-refractivity contribution in [3.63, 3.8) is 0 Å². The minimum Gasteiger partial charge on any atom is -0.354 e. The first kappa shape index (κ1) is 21.3. The molecule has 1 aliphatic heterocycles. The van der Waals surface area contributed by atoms with E-state index < -0.39 is 0 Å². The zero-order chi connectivity index (χ0) is 20.5. The highest BCUT2D eigenvalue weighted by atomic mass is 15.2. The lowest BCUT2D eigenvalue weighted by Gasteiger charge is -2.33. The molecule has 5 nitrogen and oxygen atoms in total. The Morgan fingerprint density at radius 1 is 1.00 bits per heavy atom. The maximum absolute atomic E-state index is 4.44. The molecule has 0 aromatic heterocycles. The largest absolute Gasteiger partial charge is 0.354 e. The molecule has 156 valence electrons. The molecule has 0 bridgehead atoms. The fourth-order valence-corrected chi connectivity index (χ4v) is 3.87. The van der Waals surface area contributed by atoms with Crippen LogP contribution in [0, 0.1) is 0 Å². The number of rotatable bonds is 7. The second-order valence-electron chi connectivity index (χ2n) is 8.11. The summed E-state index contributed by atoms with van der Waals surface area (Å²) in [6.45, 7) is 5.02. The molecule has 3 rings (SSSR count). The van der Waals surface area contributed by atoms with Crippen LogP contribution in [-0.4, -0.2) is 56.0 Å². The number of guanidine groups is 1. The van der Waals surface area contributed by atoms with Crippen molar-refractivity contribution < 1.29 is 0 Å². The van der Waals surface area contributed by atoms with Crippen LogP contribution in [0.2, 0.25) is 0 Å². The smallest absolute Gasteiger partial charge is 0.191 e. The van der Waals surface area contributed by atoms with Gasteiger partial charge in [0.25, 0.3) is 0 Å². The molecule has 1 aliphatic rings. The van der Waals surface area contributed by atoms with Gasteiger partial charge in [-0.15, -0.1) is 0 Å². The zero-order valence-electron chi connectivity index (χ0n) is 18.1. The van der Waals surface area contributed by atoms with E-state index in [1.54, 1.807) is 0 Å². The molecule has 0 unspecified atom stereocenters. The number of nitrogens with one attached hydrogen (secondary N) is 2. The summed E-state index contributed by atoms with van der Waals surface area (Å²) in [4.78, 5) is 9.19. The monoisotopic (exact) mass is 393 g/mol. The van der Waals surface area contributed by atoms with E-state index >= 15 is 0 Å². The number of hydrogen-bond acceptors (Lipinski definition) is 3. The van der Waals surface area contributed by atoms with Gasteiger partial charge in [0, 0.05) is 45.8 Å². The zero-order valence-corrected chi connectivity index (χ0v) is 18.1. The van der Waals surface area contributed by atoms with Gasteiger partial charge in [-0.2, -0.15) is 0 Å². The van der Waals surface area contributed by atoms with E-state index in [1.165, 1.54) is 16.7 Å². The van der Waals surface area contributed by atoms with Gasteiger partial charge < -0.3 is 15.5 Å². The van der Waals surface area contributed by atoms with Crippen LogP contribution in [0.25, 0.3) is 0 Å². The Kier molecular flexibility index (Phi) is 8.08. The summed E-state index contributed by atoms with van der Waals surface area (Å²) in [7, 11) is 6.06. The molecule has 0 spiro atoms. The van der Waals surface area contributed by atoms with E-state index in [9.17, 15) is 0 Å². The van der Waals surface area contributed by atoms with Crippen LogP contribution >= 0.6 is 0 Å². The van der Waals surface area contributed by atoms with E-state index in [4.69, 9.17) is 0 Å². The summed E-state index contributed by atoms with van der Waals surface area (Å²) < 4.78 is 0. The molecule has 0 aliphatic carbocycles. The molecular formula is C24H35N5. The van der Waals surface area contributed by atoms with Gasteiger partial charge in [0.2, 0.25) is 0 Å². The fourth-order valence-electron chi connectivity index (χ4n) is 3.87. The third kappa shape index (κ3) is 6.87. The summed E-state index contributed by atoms with van der Waals surface area (Å²) in [5.41, 5.74) is 4.07. The Morgan fingerprint density at radius 2 is 1.66 bits per heavy atom. The SMILES string of the molecule is CN=C(NCc1ccccc1CN(C)C)NC1CCN(Cc2ccccc2)CC1. The van der Waals surface area contributed by atoms with Gasteiger partial charge in [0.05, 0.1) is 0 Å². The maximum atomic E-state index is 4.44. The first-order valence-electron chi connectivity index (χ1n) is 10.6. The highest BCUT2D eigenvalue weighted by Crippen LogP contribution is 2.14. The minimum absolute atomic E-state index is 0.477. The normalized spacial score (nSPS) is 16.2.